The molecule has 0 aromatic heterocycles. The second-order valence-electron chi connectivity index (χ2n) is 2.27. The highest BCUT2D eigenvalue weighted by Gasteiger charge is 2.77. The van der Waals surface area contributed by atoms with Crippen molar-refractivity contribution in [1.29, 1.82) is 0 Å². The number of carbonyl (C=O) groups excluding carboxylic acids is 2. The molecule has 0 radical (unpaired) electrons. The normalized spacial score (nSPS) is 13.9. The van der Waals surface area contributed by atoms with Crippen LogP contribution in [0.4, 0.5) is 26.3 Å². The SMILES string of the molecule is O=C(Cl)C(F)(F)C(F)(F)C(F)(F)C(=O)Cl. The average Bonchev–Trinajstić information content (AvgIpc) is 2.02. The molecule has 0 heterocycles. The van der Waals surface area contributed by atoms with Crippen molar-refractivity contribution in [3.05, 3.63) is 0 Å². The van der Waals surface area contributed by atoms with Crippen LogP contribution < -0.4 is 0 Å². The summed E-state index contributed by atoms with van der Waals surface area (Å²) in [5.41, 5.74) is 0. The molecule has 0 aliphatic carbocycles. The Morgan fingerprint density at radius 1 is 0.733 bits per heavy atom. The summed E-state index contributed by atoms with van der Waals surface area (Å²) in [5, 5.41) is -6.05. The molecular formula is C5Cl2F6O2. The van der Waals surface area contributed by atoms with Crippen LogP contribution in [-0.2, 0) is 9.59 Å². The maximum atomic E-state index is 12.4. The maximum absolute atomic E-state index is 12.4. The summed E-state index contributed by atoms with van der Waals surface area (Å²) in [6.07, 6.45) is 0. The molecule has 0 fully saturated rings. The van der Waals surface area contributed by atoms with Crippen LogP contribution in [0.15, 0.2) is 0 Å². The van der Waals surface area contributed by atoms with E-state index in [1.807, 2.05) is 0 Å². The molecule has 88 valence electrons. The van der Waals surface area contributed by atoms with Gasteiger partial charge in [0.2, 0.25) is 0 Å². The molecule has 0 amide bonds. The van der Waals surface area contributed by atoms with E-state index in [2.05, 4.69) is 23.2 Å². The van der Waals surface area contributed by atoms with E-state index in [4.69, 9.17) is 0 Å². The lowest BCUT2D eigenvalue weighted by Gasteiger charge is -2.27. The van der Waals surface area contributed by atoms with E-state index in [0.717, 1.165) is 0 Å². The predicted molar refractivity (Wildman–Crippen MR) is 36.6 cm³/mol. The third-order valence-corrected chi connectivity index (χ3v) is 1.76. The fourth-order valence-electron chi connectivity index (χ4n) is 0.444. The minimum absolute atomic E-state index is 3.02. The Balaban J connectivity index is 5.50. The molecule has 0 aromatic rings. The average molecular weight is 277 g/mol. The van der Waals surface area contributed by atoms with E-state index in [0.29, 0.717) is 0 Å². The van der Waals surface area contributed by atoms with E-state index in [1.54, 1.807) is 0 Å². The van der Waals surface area contributed by atoms with Gasteiger partial charge in [-0.1, -0.05) is 0 Å². The summed E-state index contributed by atoms with van der Waals surface area (Å²) in [7, 11) is 0. The van der Waals surface area contributed by atoms with Gasteiger partial charge in [-0.3, -0.25) is 9.59 Å². The predicted octanol–water partition coefficient (Wildman–Crippen LogP) is 2.42. The summed E-state index contributed by atoms with van der Waals surface area (Å²) in [5.74, 6) is -18.1. The van der Waals surface area contributed by atoms with Crippen LogP contribution in [0.5, 0.6) is 0 Å². The molecule has 0 aliphatic rings. The largest absolute Gasteiger partial charge is 0.389 e. The van der Waals surface area contributed by atoms with E-state index >= 15 is 0 Å². The summed E-state index contributed by atoms with van der Waals surface area (Å²) >= 11 is 8.02. The molecule has 0 saturated carbocycles. The Labute approximate surface area is 88.1 Å². The molecule has 10 heteroatoms. The Morgan fingerprint density at radius 3 is 1.07 bits per heavy atom. The molecule has 0 atom stereocenters. The van der Waals surface area contributed by atoms with E-state index in [1.165, 1.54) is 0 Å². The monoisotopic (exact) mass is 276 g/mol. The quantitative estimate of drug-likeness (QED) is 0.584. The van der Waals surface area contributed by atoms with Crippen LogP contribution in [-0.4, -0.2) is 28.3 Å². The first-order chi connectivity index (χ1) is 6.39. The highest BCUT2D eigenvalue weighted by Crippen LogP contribution is 2.47. The minimum Gasteiger partial charge on any atom is -0.274 e. The standard InChI is InChI=1S/C5Cl2F6O2/c6-1(14)3(8,9)5(12,13)4(10,11)2(7)15. The summed E-state index contributed by atoms with van der Waals surface area (Å²) in [6.45, 7) is 0. The van der Waals surface area contributed by atoms with Crippen LogP contribution in [0.3, 0.4) is 0 Å². The first kappa shape index (κ1) is 14.5. The molecule has 0 unspecified atom stereocenters. The fraction of sp³-hybridized carbons (Fsp3) is 0.600. The third kappa shape index (κ3) is 2.05. The van der Waals surface area contributed by atoms with Crippen LogP contribution in [0.1, 0.15) is 0 Å². The van der Waals surface area contributed by atoms with Gasteiger partial charge in [0.15, 0.2) is 0 Å². The maximum Gasteiger partial charge on any atom is 0.389 e. The van der Waals surface area contributed by atoms with Gasteiger partial charge < -0.3 is 0 Å². The summed E-state index contributed by atoms with van der Waals surface area (Å²) in [6, 6.07) is 0. The minimum atomic E-state index is -6.29. The first-order valence-corrected chi connectivity index (χ1v) is 3.68. The molecular weight excluding hydrogens is 277 g/mol. The molecule has 15 heavy (non-hydrogen) atoms. The van der Waals surface area contributed by atoms with Crippen LogP contribution in [0.25, 0.3) is 0 Å². The zero-order valence-electron chi connectivity index (χ0n) is 6.34. The highest BCUT2D eigenvalue weighted by atomic mass is 35.5. The number of halogens is 8. The Bertz CT molecular complexity index is 274. The number of hydrogen-bond donors (Lipinski definition) is 0. The molecule has 2 nitrogen and oxygen atoms in total. The van der Waals surface area contributed by atoms with Gasteiger partial charge in [0.25, 0.3) is 10.5 Å². The van der Waals surface area contributed by atoms with E-state index in [-0.39, 0.29) is 0 Å². The molecule has 0 saturated heterocycles. The number of carbonyl (C=O) groups is 2. The molecule has 0 aliphatic heterocycles. The summed E-state index contributed by atoms with van der Waals surface area (Å²) < 4.78 is 73.8. The third-order valence-electron chi connectivity index (χ3n) is 1.28. The lowest BCUT2D eigenvalue weighted by Crippen LogP contribution is -2.59. The number of alkyl halides is 6. The molecule has 0 N–H and O–H groups in total. The zero-order valence-corrected chi connectivity index (χ0v) is 7.85. The van der Waals surface area contributed by atoms with Gasteiger partial charge in [0.1, 0.15) is 0 Å². The first-order valence-electron chi connectivity index (χ1n) is 2.92. The second kappa shape index (κ2) is 3.82. The van der Waals surface area contributed by atoms with Crippen LogP contribution >= 0.6 is 23.2 Å². The lowest BCUT2D eigenvalue weighted by atomic mass is 10.1. The van der Waals surface area contributed by atoms with Crippen molar-refractivity contribution < 1.29 is 35.9 Å². The molecule has 0 spiro atoms. The van der Waals surface area contributed by atoms with Gasteiger partial charge in [-0.05, 0) is 23.2 Å². The van der Waals surface area contributed by atoms with Crippen molar-refractivity contribution in [1.82, 2.24) is 0 Å². The summed E-state index contributed by atoms with van der Waals surface area (Å²) in [4.78, 5) is 19.7. The molecule has 0 rings (SSSR count). The van der Waals surface area contributed by atoms with Crippen molar-refractivity contribution in [2.24, 2.45) is 0 Å². The molecule has 0 aromatic carbocycles. The van der Waals surface area contributed by atoms with Gasteiger partial charge in [0, 0.05) is 0 Å². The topological polar surface area (TPSA) is 34.1 Å². The number of rotatable bonds is 4. The zero-order chi connectivity index (χ0) is 12.7. The van der Waals surface area contributed by atoms with Crippen LogP contribution in [0, 0.1) is 0 Å². The highest BCUT2D eigenvalue weighted by molar-refractivity contribution is 6.66. The van der Waals surface area contributed by atoms with E-state index < -0.39 is 28.3 Å². The Kier molecular flexibility index (Phi) is 3.69. The Hall–Kier alpha value is -0.500. The molecule has 0 bridgehead atoms. The van der Waals surface area contributed by atoms with E-state index in [9.17, 15) is 35.9 Å². The van der Waals surface area contributed by atoms with Gasteiger partial charge in [-0.2, -0.15) is 26.3 Å². The van der Waals surface area contributed by atoms with Gasteiger partial charge in [0.05, 0.1) is 0 Å². The van der Waals surface area contributed by atoms with Gasteiger partial charge in [-0.15, -0.1) is 0 Å². The lowest BCUT2D eigenvalue weighted by molar-refractivity contribution is -0.280. The van der Waals surface area contributed by atoms with Gasteiger partial charge >= 0.3 is 17.8 Å². The fourth-order valence-corrected chi connectivity index (χ4v) is 0.681. The van der Waals surface area contributed by atoms with Crippen molar-refractivity contribution in [3.8, 4) is 0 Å². The van der Waals surface area contributed by atoms with Crippen molar-refractivity contribution in [2.75, 3.05) is 0 Å². The van der Waals surface area contributed by atoms with Gasteiger partial charge in [-0.25, -0.2) is 0 Å². The Morgan fingerprint density at radius 2 is 0.933 bits per heavy atom. The van der Waals surface area contributed by atoms with Crippen molar-refractivity contribution >= 4 is 33.7 Å². The smallest absolute Gasteiger partial charge is 0.274 e. The second-order valence-corrected chi connectivity index (χ2v) is 2.96. The van der Waals surface area contributed by atoms with Crippen molar-refractivity contribution in [3.63, 3.8) is 0 Å². The number of hydrogen-bond acceptors (Lipinski definition) is 2. The van der Waals surface area contributed by atoms with Crippen molar-refractivity contribution in [2.45, 2.75) is 17.8 Å². The van der Waals surface area contributed by atoms with Crippen LogP contribution in [0.2, 0.25) is 0 Å².